The summed E-state index contributed by atoms with van der Waals surface area (Å²) in [4.78, 5) is 85.2. The molecule has 0 N–H and O–H groups in total. The molecule has 0 amide bonds. The highest BCUT2D eigenvalue weighted by Gasteiger charge is 2.31. The molecule has 0 aliphatic heterocycles. The Labute approximate surface area is 533 Å². The molecular formula is C74H52O20. The summed E-state index contributed by atoms with van der Waals surface area (Å²) in [5.74, 6) is -3.98. The molecule has 0 atom stereocenters. The first-order valence-corrected chi connectivity index (χ1v) is 28.9. The molecule has 94 heavy (non-hydrogen) atoms. The highest BCUT2D eigenvalue weighted by atomic mass is 16.6. The number of fused-ring (bicyclic) bond motifs is 12. The molecule has 0 unspecified atom stereocenters. The summed E-state index contributed by atoms with van der Waals surface area (Å²) >= 11 is 0. The lowest BCUT2D eigenvalue weighted by molar-refractivity contribution is 0.0682. The maximum absolute atomic E-state index is 14.3. The van der Waals surface area contributed by atoms with Gasteiger partial charge in [0.1, 0.15) is 45.5 Å². The summed E-state index contributed by atoms with van der Waals surface area (Å²) in [5, 5.41) is 1.37. The molecule has 20 heteroatoms. The average molecular weight is 1260 g/mol. The topological polar surface area (TPSA) is 243 Å². The summed E-state index contributed by atoms with van der Waals surface area (Å²) in [6, 6.07) is 42.7. The molecule has 0 saturated carbocycles. The Morgan fingerprint density at radius 2 is 0.468 bits per heavy atom. The Morgan fingerprint density at radius 3 is 0.681 bits per heavy atom. The van der Waals surface area contributed by atoms with Crippen LogP contribution in [0, 0.1) is 20.8 Å². The summed E-state index contributed by atoms with van der Waals surface area (Å²) in [6.07, 6.45) is 0. The van der Waals surface area contributed by atoms with E-state index in [0.29, 0.717) is 28.7 Å². The van der Waals surface area contributed by atoms with Crippen molar-refractivity contribution in [2.24, 2.45) is 0 Å². The fraction of sp³-hybridized carbons (Fsp3) is 0.108. The zero-order valence-corrected chi connectivity index (χ0v) is 51.3. The average Bonchev–Trinajstić information content (AvgIpc) is 1.53. The van der Waals surface area contributed by atoms with Crippen molar-refractivity contribution in [1.82, 2.24) is 0 Å². The SMILES string of the molecule is COc1ccc(C(=O)Oc2cc3oc4c(c3cc2OC(=O)c2ccc(OC)cc2)c2oc3cc(OC(=O)c5cc(C)c(C)c(C)c5)c(OC(=O)c5ccc(OC)cc5)cc3c2c2oc3cc(OC(=O)c5ccc(OC)cc5)c(OC(=O)c5ccc(OC)cc5)cc3c42)cc1. The zero-order chi connectivity index (χ0) is 65.6. The van der Waals surface area contributed by atoms with Crippen LogP contribution < -0.4 is 52.1 Å². The Morgan fingerprint density at radius 1 is 0.266 bits per heavy atom. The smallest absolute Gasteiger partial charge is 0.343 e. The summed E-state index contributed by atoms with van der Waals surface area (Å²) in [5.41, 5.74) is 3.86. The summed E-state index contributed by atoms with van der Waals surface area (Å²) in [7, 11) is 7.42. The van der Waals surface area contributed by atoms with Gasteiger partial charge in [0.2, 0.25) is 0 Å². The quantitative estimate of drug-likeness (QED) is 0.0607. The van der Waals surface area contributed by atoms with Crippen LogP contribution >= 0.6 is 0 Å². The fourth-order valence-corrected chi connectivity index (χ4v) is 10.7. The van der Waals surface area contributed by atoms with E-state index < -0.39 is 35.8 Å². The molecule has 0 radical (unpaired) electrons. The third-order valence-corrected chi connectivity index (χ3v) is 16.0. The predicted molar refractivity (Wildman–Crippen MR) is 344 cm³/mol. The van der Waals surface area contributed by atoms with Gasteiger partial charge >= 0.3 is 35.8 Å². The third kappa shape index (κ3) is 11.4. The van der Waals surface area contributed by atoms with Crippen LogP contribution in [0.2, 0.25) is 0 Å². The minimum atomic E-state index is -0.844. The van der Waals surface area contributed by atoms with Gasteiger partial charge in [-0.25, -0.2) is 28.8 Å². The van der Waals surface area contributed by atoms with Gasteiger partial charge in [-0.2, -0.15) is 0 Å². The number of carbonyl (C=O) groups excluding carboxylic acids is 6. The van der Waals surface area contributed by atoms with Gasteiger partial charge in [0.15, 0.2) is 51.2 Å². The standard InChI is InChI=1S/C74H52O20/c1-37-29-45(30-38(2)39(37)3)74(80)94-62-36-56-53(33-59(62)91-71(77)42-13-23-48(83-6)24-14-42)65-67-63(51-31-57(89-69(75)40-9-19-46(81-4)20-10-40)60(34-54(51)87-67)92-72(78)43-15-25-49(84-7)26-16-43)66-64(68(65)88-56)52-32-58(90-70(76)41-11-21-47(82-5)22-12-41)61(35-55(52)86-66)93-73(79)44-17-27-50(85-8)28-18-44/h9-36H,1-8H3. The third-order valence-electron chi connectivity index (χ3n) is 16.0. The molecule has 0 fully saturated rings. The number of carbonyl (C=O) groups is 6. The van der Waals surface area contributed by atoms with Crippen molar-refractivity contribution in [3.8, 4) is 63.2 Å². The molecule has 0 bridgehead atoms. The number of ether oxygens (including phenoxy) is 11. The van der Waals surface area contributed by atoms with Crippen LogP contribution in [0.1, 0.15) is 78.8 Å². The van der Waals surface area contributed by atoms with Crippen molar-refractivity contribution in [2.75, 3.05) is 35.5 Å². The van der Waals surface area contributed by atoms with E-state index in [2.05, 4.69) is 0 Å². The Hall–Kier alpha value is -12.6. The van der Waals surface area contributed by atoms with Gasteiger partial charge in [-0.05, 0) is 189 Å². The Bertz CT molecular complexity index is 5140. The number of methoxy groups -OCH3 is 5. The van der Waals surface area contributed by atoms with Crippen molar-refractivity contribution < 1.29 is 94.1 Å². The van der Waals surface area contributed by atoms with Crippen molar-refractivity contribution in [3.05, 3.63) is 220 Å². The molecule has 468 valence electrons. The molecule has 0 aliphatic carbocycles. The number of hydrogen-bond donors (Lipinski definition) is 0. The molecule has 0 spiro atoms. The molecule has 3 heterocycles. The highest BCUT2D eigenvalue weighted by molar-refractivity contribution is 6.37. The fourth-order valence-electron chi connectivity index (χ4n) is 10.7. The highest BCUT2D eigenvalue weighted by Crippen LogP contribution is 2.52. The van der Waals surface area contributed by atoms with Crippen molar-refractivity contribution >= 4 is 102 Å². The number of benzene rings is 10. The van der Waals surface area contributed by atoms with Crippen LogP contribution in [0.3, 0.4) is 0 Å². The minimum absolute atomic E-state index is 0.0593. The first kappa shape index (κ1) is 60.3. The molecule has 0 aliphatic rings. The van der Waals surface area contributed by atoms with E-state index in [4.69, 9.17) is 65.4 Å². The molecule has 0 saturated heterocycles. The van der Waals surface area contributed by atoms with Crippen LogP contribution in [-0.4, -0.2) is 71.4 Å². The lowest BCUT2D eigenvalue weighted by Crippen LogP contribution is -2.13. The van der Waals surface area contributed by atoms with E-state index in [-0.39, 0.29) is 134 Å². The molecule has 13 rings (SSSR count). The molecule has 20 nitrogen and oxygen atoms in total. The second kappa shape index (κ2) is 24.7. The summed E-state index contributed by atoms with van der Waals surface area (Å²) in [6.45, 7) is 5.68. The predicted octanol–water partition coefficient (Wildman–Crippen LogP) is 15.7. The molecule has 10 aromatic carbocycles. The van der Waals surface area contributed by atoms with Gasteiger partial charge in [0.25, 0.3) is 0 Å². The van der Waals surface area contributed by atoms with Crippen LogP contribution in [0.15, 0.2) is 183 Å². The van der Waals surface area contributed by atoms with E-state index in [1.54, 1.807) is 72.8 Å². The number of esters is 6. The lowest BCUT2D eigenvalue weighted by Gasteiger charge is -2.13. The molecular weight excluding hydrogens is 1210 g/mol. The normalized spacial score (nSPS) is 11.2. The number of hydrogen-bond acceptors (Lipinski definition) is 20. The van der Waals surface area contributed by atoms with Crippen LogP contribution in [0.25, 0.3) is 65.8 Å². The van der Waals surface area contributed by atoms with Gasteiger partial charge in [0, 0.05) is 34.4 Å². The first-order chi connectivity index (χ1) is 45.5. The van der Waals surface area contributed by atoms with E-state index in [1.165, 1.54) is 133 Å². The van der Waals surface area contributed by atoms with Gasteiger partial charge in [0.05, 0.1) is 85.1 Å². The van der Waals surface area contributed by atoms with E-state index in [1.807, 2.05) is 20.8 Å². The van der Waals surface area contributed by atoms with Crippen LogP contribution in [0.5, 0.6) is 63.2 Å². The van der Waals surface area contributed by atoms with Gasteiger partial charge in [-0.3, -0.25) is 0 Å². The minimum Gasteiger partial charge on any atom is -0.497 e. The maximum Gasteiger partial charge on any atom is 0.343 e. The monoisotopic (exact) mass is 1260 g/mol. The Kier molecular flexibility index (Phi) is 15.8. The van der Waals surface area contributed by atoms with Crippen LogP contribution in [-0.2, 0) is 0 Å². The first-order valence-electron chi connectivity index (χ1n) is 28.9. The second-order valence-electron chi connectivity index (χ2n) is 21.5. The molecule has 3 aromatic heterocycles. The van der Waals surface area contributed by atoms with Gasteiger partial charge < -0.3 is 65.4 Å². The van der Waals surface area contributed by atoms with Crippen molar-refractivity contribution in [3.63, 3.8) is 0 Å². The van der Waals surface area contributed by atoms with Crippen molar-refractivity contribution in [1.29, 1.82) is 0 Å². The lowest BCUT2D eigenvalue weighted by atomic mass is 10.0. The number of aryl methyl sites for hydroxylation is 2. The largest absolute Gasteiger partial charge is 0.497 e. The second-order valence-corrected chi connectivity index (χ2v) is 21.5. The number of rotatable bonds is 17. The van der Waals surface area contributed by atoms with Crippen LogP contribution in [0.4, 0.5) is 0 Å². The summed E-state index contributed by atoms with van der Waals surface area (Å²) < 4.78 is 84.1. The molecule has 13 aromatic rings. The van der Waals surface area contributed by atoms with E-state index in [0.717, 1.165) is 16.7 Å². The van der Waals surface area contributed by atoms with E-state index in [9.17, 15) is 28.8 Å². The Balaban J connectivity index is 1.08. The van der Waals surface area contributed by atoms with Gasteiger partial charge in [-0.15, -0.1) is 0 Å². The van der Waals surface area contributed by atoms with Crippen molar-refractivity contribution in [2.45, 2.75) is 20.8 Å². The maximum atomic E-state index is 14.3. The number of furan rings is 3. The van der Waals surface area contributed by atoms with E-state index >= 15 is 0 Å². The van der Waals surface area contributed by atoms with Gasteiger partial charge in [-0.1, -0.05) is 0 Å². The zero-order valence-electron chi connectivity index (χ0n) is 51.3.